The van der Waals surface area contributed by atoms with Crippen molar-refractivity contribution in [2.24, 2.45) is 0 Å². The first-order chi connectivity index (χ1) is 8.81. The number of nitrogens with one attached hydrogen (secondary N) is 1. The molecular weight excluding hydrogens is 228 g/mol. The van der Waals surface area contributed by atoms with E-state index in [0.29, 0.717) is 11.8 Å². The van der Waals surface area contributed by atoms with E-state index in [1.807, 2.05) is 30.3 Å². The summed E-state index contributed by atoms with van der Waals surface area (Å²) >= 11 is 0. The number of carbonyl (C=O) groups excluding carboxylic acids is 1. The molecule has 1 amide bonds. The molecule has 4 nitrogen and oxygen atoms in total. The lowest BCUT2D eigenvalue weighted by Gasteiger charge is -2.07. The average Bonchev–Trinajstić information content (AvgIpc) is 3.20. The number of ether oxygens (including phenoxy) is 1. The van der Waals surface area contributed by atoms with E-state index >= 15 is 0 Å². The summed E-state index contributed by atoms with van der Waals surface area (Å²) in [6.07, 6.45) is 3.82. The molecule has 0 atom stereocenters. The number of pyridine rings is 1. The van der Waals surface area contributed by atoms with Crippen molar-refractivity contribution < 1.29 is 9.53 Å². The van der Waals surface area contributed by atoms with Crippen molar-refractivity contribution in [2.75, 3.05) is 6.61 Å². The molecule has 0 radical (unpaired) electrons. The lowest BCUT2D eigenvalue weighted by molar-refractivity contribution is -0.123. The molecule has 0 bridgehead atoms. The summed E-state index contributed by atoms with van der Waals surface area (Å²) in [5.41, 5.74) is 0.923. The number of hydrogen-bond acceptors (Lipinski definition) is 3. The second kappa shape index (κ2) is 4.64. The van der Waals surface area contributed by atoms with E-state index < -0.39 is 0 Å². The lowest BCUT2D eigenvalue weighted by Crippen LogP contribution is -2.30. The number of para-hydroxylation sites is 1. The highest BCUT2D eigenvalue weighted by molar-refractivity contribution is 5.80. The molecule has 0 saturated heterocycles. The van der Waals surface area contributed by atoms with Crippen LogP contribution in [0, 0.1) is 0 Å². The summed E-state index contributed by atoms with van der Waals surface area (Å²) in [6.45, 7) is 0.0521. The third-order valence-corrected chi connectivity index (χ3v) is 2.88. The lowest BCUT2D eigenvalue weighted by atomic mass is 10.2. The number of nitrogens with zero attached hydrogens (tertiary/aromatic N) is 1. The van der Waals surface area contributed by atoms with Gasteiger partial charge in [-0.3, -0.25) is 9.78 Å². The van der Waals surface area contributed by atoms with Gasteiger partial charge in [-0.05, 0) is 25.0 Å². The van der Waals surface area contributed by atoms with Gasteiger partial charge < -0.3 is 10.1 Å². The van der Waals surface area contributed by atoms with E-state index in [2.05, 4.69) is 10.3 Å². The fourth-order valence-corrected chi connectivity index (χ4v) is 1.78. The third kappa shape index (κ3) is 2.59. The van der Waals surface area contributed by atoms with Crippen LogP contribution in [-0.2, 0) is 4.79 Å². The van der Waals surface area contributed by atoms with Crippen molar-refractivity contribution in [3.05, 3.63) is 36.5 Å². The predicted molar refractivity (Wildman–Crippen MR) is 68.4 cm³/mol. The Morgan fingerprint density at radius 3 is 3.06 bits per heavy atom. The Bertz CT molecular complexity index is 579. The number of benzene rings is 1. The first-order valence-electron chi connectivity index (χ1n) is 6.08. The normalized spacial score (nSPS) is 14.4. The molecule has 3 rings (SSSR count). The van der Waals surface area contributed by atoms with E-state index in [-0.39, 0.29) is 12.5 Å². The Kier molecular flexibility index (Phi) is 2.84. The quantitative estimate of drug-likeness (QED) is 0.890. The molecule has 1 aliphatic carbocycles. The summed E-state index contributed by atoms with van der Waals surface area (Å²) < 4.78 is 5.43. The van der Waals surface area contributed by atoms with Crippen LogP contribution in [0.4, 0.5) is 0 Å². The fraction of sp³-hybridized carbons (Fsp3) is 0.286. The fourth-order valence-electron chi connectivity index (χ4n) is 1.78. The topological polar surface area (TPSA) is 51.2 Å². The highest BCUT2D eigenvalue weighted by Crippen LogP contribution is 2.19. The third-order valence-electron chi connectivity index (χ3n) is 2.88. The minimum Gasteiger partial charge on any atom is -0.482 e. The Labute approximate surface area is 105 Å². The average molecular weight is 242 g/mol. The zero-order chi connectivity index (χ0) is 12.4. The van der Waals surface area contributed by atoms with Crippen LogP contribution in [0.5, 0.6) is 5.75 Å². The van der Waals surface area contributed by atoms with Crippen LogP contribution in [0.25, 0.3) is 10.9 Å². The standard InChI is InChI=1S/C14H14N2O2/c17-14(16-11-5-6-11)9-18-12-7-10-3-1-2-4-13(10)15-8-12/h1-4,7-8,11H,5-6,9H2,(H,16,17). The zero-order valence-corrected chi connectivity index (χ0v) is 9.93. The van der Waals surface area contributed by atoms with E-state index in [4.69, 9.17) is 4.74 Å². The van der Waals surface area contributed by atoms with Gasteiger partial charge in [0.15, 0.2) is 6.61 Å². The first-order valence-corrected chi connectivity index (χ1v) is 6.08. The molecule has 1 N–H and O–H groups in total. The maximum Gasteiger partial charge on any atom is 0.258 e. The van der Waals surface area contributed by atoms with Gasteiger partial charge in [-0.2, -0.15) is 0 Å². The Balaban J connectivity index is 1.64. The van der Waals surface area contributed by atoms with Crippen LogP contribution >= 0.6 is 0 Å². The van der Waals surface area contributed by atoms with Crippen molar-refractivity contribution in [2.45, 2.75) is 18.9 Å². The zero-order valence-electron chi connectivity index (χ0n) is 9.93. The van der Waals surface area contributed by atoms with Crippen molar-refractivity contribution >= 4 is 16.8 Å². The molecule has 1 aromatic heterocycles. The number of fused-ring (bicyclic) bond motifs is 1. The minimum atomic E-state index is -0.0642. The van der Waals surface area contributed by atoms with E-state index in [9.17, 15) is 4.79 Å². The molecule has 0 spiro atoms. The van der Waals surface area contributed by atoms with Gasteiger partial charge in [0.05, 0.1) is 11.7 Å². The van der Waals surface area contributed by atoms with Crippen LogP contribution in [0.3, 0.4) is 0 Å². The van der Waals surface area contributed by atoms with E-state index in [1.54, 1.807) is 6.20 Å². The Morgan fingerprint density at radius 2 is 2.22 bits per heavy atom. The number of rotatable bonds is 4. The van der Waals surface area contributed by atoms with Gasteiger partial charge in [0.25, 0.3) is 5.91 Å². The van der Waals surface area contributed by atoms with Crippen LogP contribution in [0.2, 0.25) is 0 Å². The Morgan fingerprint density at radius 1 is 1.39 bits per heavy atom. The Hall–Kier alpha value is -2.10. The second-order valence-electron chi connectivity index (χ2n) is 4.49. The van der Waals surface area contributed by atoms with Gasteiger partial charge >= 0.3 is 0 Å². The van der Waals surface area contributed by atoms with Gasteiger partial charge in [-0.1, -0.05) is 18.2 Å². The summed E-state index contributed by atoms with van der Waals surface area (Å²) in [5.74, 6) is 0.560. The number of carbonyl (C=O) groups is 1. The molecule has 92 valence electrons. The molecule has 1 aliphatic rings. The van der Waals surface area contributed by atoms with Gasteiger partial charge in [-0.25, -0.2) is 0 Å². The van der Waals surface area contributed by atoms with E-state index in [1.165, 1.54) is 0 Å². The smallest absolute Gasteiger partial charge is 0.258 e. The molecular formula is C14H14N2O2. The number of amides is 1. The number of aromatic nitrogens is 1. The predicted octanol–water partition coefficient (Wildman–Crippen LogP) is 1.89. The second-order valence-corrected chi connectivity index (χ2v) is 4.49. The molecule has 1 aromatic carbocycles. The number of hydrogen-bond donors (Lipinski definition) is 1. The summed E-state index contributed by atoms with van der Waals surface area (Å²) in [4.78, 5) is 15.7. The van der Waals surface area contributed by atoms with Gasteiger partial charge in [0.1, 0.15) is 5.75 Å². The molecule has 0 aliphatic heterocycles. The molecule has 1 saturated carbocycles. The summed E-state index contributed by atoms with van der Waals surface area (Å²) in [6, 6.07) is 10.1. The highest BCUT2D eigenvalue weighted by atomic mass is 16.5. The minimum absolute atomic E-state index is 0.0521. The molecule has 18 heavy (non-hydrogen) atoms. The molecule has 0 unspecified atom stereocenters. The van der Waals surface area contributed by atoms with Crippen molar-refractivity contribution in [3.8, 4) is 5.75 Å². The van der Waals surface area contributed by atoms with Crippen molar-refractivity contribution in [1.82, 2.24) is 10.3 Å². The maximum absolute atomic E-state index is 11.5. The van der Waals surface area contributed by atoms with E-state index in [0.717, 1.165) is 23.7 Å². The van der Waals surface area contributed by atoms with Gasteiger partial charge in [0, 0.05) is 11.4 Å². The van der Waals surface area contributed by atoms with Gasteiger partial charge in [-0.15, -0.1) is 0 Å². The first kappa shape index (κ1) is 11.0. The largest absolute Gasteiger partial charge is 0.482 e. The SMILES string of the molecule is O=C(COc1cnc2ccccc2c1)NC1CC1. The van der Waals surface area contributed by atoms with Crippen LogP contribution < -0.4 is 10.1 Å². The summed E-state index contributed by atoms with van der Waals surface area (Å²) in [5, 5.41) is 3.89. The maximum atomic E-state index is 11.5. The van der Waals surface area contributed by atoms with Crippen LogP contribution in [0.1, 0.15) is 12.8 Å². The van der Waals surface area contributed by atoms with Crippen molar-refractivity contribution in [1.29, 1.82) is 0 Å². The summed E-state index contributed by atoms with van der Waals surface area (Å²) in [7, 11) is 0. The van der Waals surface area contributed by atoms with Gasteiger partial charge in [0.2, 0.25) is 0 Å². The van der Waals surface area contributed by atoms with Crippen LogP contribution in [-0.4, -0.2) is 23.5 Å². The molecule has 2 aromatic rings. The highest BCUT2D eigenvalue weighted by Gasteiger charge is 2.23. The molecule has 4 heteroatoms. The monoisotopic (exact) mass is 242 g/mol. The molecule has 1 fully saturated rings. The van der Waals surface area contributed by atoms with Crippen LogP contribution in [0.15, 0.2) is 36.5 Å². The van der Waals surface area contributed by atoms with Crippen molar-refractivity contribution in [3.63, 3.8) is 0 Å². The molecule has 1 heterocycles.